The molecule has 0 aromatic carbocycles. The summed E-state index contributed by atoms with van der Waals surface area (Å²) in [5.74, 6) is 2.92. The molecular formula is C16H30O. The van der Waals surface area contributed by atoms with E-state index < -0.39 is 5.60 Å². The van der Waals surface area contributed by atoms with Crippen molar-refractivity contribution in [2.24, 2.45) is 29.1 Å². The van der Waals surface area contributed by atoms with Crippen LogP contribution in [0, 0.1) is 29.1 Å². The highest BCUT2D eigenvalue weighted by Gasteiger charge is 2.48. The SMILES string of the molecule is C[C@@H]1CC[C@H]2[C@@H]1C[C@H](C(C)(C)C)CC[C@@]2(C)O. The predicted octanol–water partition coefficient (Wildman–Crippen LogP) is 4.25. The number of hydrogen-bond donors (Lipinski definition) is 1. The van der Waals surface area contributed by atoms with Crippen LogP contribution in [0.4, 0.5) is 0 Å². The largest absolute Gasteiger partial charge is 0.390 e. The van der Waals surface area contributed by atoms with E-state index in [1.807, 2.05) is 0 Å². The Morgan fingerprint density at radius 1 is 1.12 bits per heavy atom. The average molecular weight is 238 g/mol. The van der Waals surface area contributed by atoms with Crippen LogP contribution in [0.25, 0.3) is 0 Å². The van der Waals surface area contributed by atoms with Crippen LogP contribution in [-0.2, 0) is 0 Å². The van der Waals surface area contributed by atoms with Crippen molar-refractivity contribution in [3.05, 3.63) is 0 Å². The van der Waals surface area contributed by atoms with Crippen LogP contribution < -0.4 is 0 Å². The summed E-state index contributed by atoms with van der Waals surface area (Å²) in [6.07, 6.45) is 6.11. The minimum atomic E-state index is -0.407. The molecule has 0 bridgehead atoms. The van der Waals surface area contributed by atoms with Crippen molar-refractivity contribution >= 4 is 0 Å². The van der Waals surface area contributed by atoms with Gasteiger partial charge in [-0.3, -0.25) is 0 Å². The lowest BCUT2D eigenvalue weighted by molar-refractivity contribution is -0.0208. The second-order valence-corrected chi connectivity index (χ2v) is 8.02. The van der Waals surface area contributed by atoms with E-state index in [4.69, 9.17) is 0 Å². The Morgan fingerprint density at radius 2 is 1.76 bits per heavy atom. The van der Waals surface area contributed by atoms with Gasteiger partial charge in [0.2, 0.25) is 0 Å². The predicted molar refractivity (Wildman–Crippen MR) is 72.8 cm³/mol. The van der Waals surface area contributed by atoms with Crippen LogP contribution >= 0.6 is 0 Å². The van der Waals surface area contributed by atoms with Crippen LogP contribution in [0.3, 0.4) is 0 Å². The van der Waals surface area contributed by atoms with Crippen molar-refractivity contribution < 1.29 is 5.11 Å². The van der Waals surface area contributed by atoms with Crippen molar-refractivity contribution in [2.75, 3.05) is 0 Å². The lowest BCUT2D eigenvalue weighted by atomic mass is 9.72. The summed E-state index contributed by atoms with van der Waals surface area (Å²) in [7, 11) is 0. The van der Waals surface area contributed by atoms with E-state index in [0.717, 1.165) is 24.2 Å². The van der Waals surface area contributed by atoms with Crippen molar-refractivity contribution in [3.8, 4) is 0 Å². The summed E-state index contributed by atoms with van der Waals surface area (Å²) in [5, 5.41) is 10.7. The van der Waals surface area contributed by atoms with Crippen molar-refractivity contribution in [1.82, 2.24) is 0 Å². The molecule has 2 rings (SSSR count). The van der Waals surface area contributed by atoms with Gasteiger partial charge in [-0.05, 0) is 61.7 Å². The second kappa shape index (κ2) is 4.26. The van der Waals surface area contributed by atoms with Crippen LogP contribution in [0.15, 0.2) is 0 Å². The quantitative estimate of drug-likeness (QED) is 0.669. The fraction of sp³-hybridized carbons (Fsp3) is 1.00. The Labute approximate surface area is 107 Å². The van der Waals surface area contributed by atoms with E-state index in [2.05, 4.69) is 34.6 Å². The molecule has 0 unspecified atom stereocenters. The Balaban J connectivity index is 2.22. The summed E-state index contributed by atoms with van der Waals surface area (Å²) >= 11 is 0. The van der Waals surface area contributed by atoms with E-state index >= 15 is 0 Å². The second-order valence-electron chi connectivity index (χ2n) is 8.02. The monoisotopic (exact) mass is 238 g/mol. The number of aliphatic hydroxyl groups is 1. The zero-order chi connectivity index (χ0) is 12.8. The zero-order valence-electron chi connectivity index (χ0n) is 12.3. The van der Waals surface area contributed by atoms with E-state index in [1.165, 1.54) is 25.7 Å². The van der Waals surface area contributed by atoms with Crippen LogP contribution in [0.2, 0.25) is 0 Å². The first-order valence-corrected chi connectivity index (χ1v) is 7.44. The van der Waals surface area contributed by atoms with E-state index in [1.54, 1.807) is 0 Å². The van der Waals surface area contributed by atoms with Gasteiger partial charge in [-0.15, -0.1) is 0 Å². The molecule has 1 N–H and O–H groups in total. The fourth-order valence-electron chi connectivity index (χ4n) is 4.32. The molecule has 1 nitrogen and oxygen atoms in total. The summed E-state index contributed by atoms with van der Waals surface area (Å²) in [6.45, 7) is 11.6. The van der Waals surface area contributed by atoms with Gasteiger partial charge in [0.15, 0.2) is 0 Å². The molecule has 2 fully saturated rings. The van der Waals surface area contributed by atoms with Crippen molar-refractivity contribution in [1.29, 1.82) is 0 Å². The number of hydrogen-bond acceptors (Lipinski definition) is 1. The summed E-state index contributed by atoms with van der Waals surface area (Å²) in [4.78, 5) is 0. The van der Waals surface area contributed by atoms with Gasteiger partial charge in [0.1, 0.15) is 0 Å². The Hall–Kier alpha value is -0.0400. The van der Waals surface area contributed by atoms with E-state index in [0.29, 0.717) is 11.3 Å². The first-order chi connectivity index (χ1) is 7.72. The molecule has 2 aliphatic rings. The molecule has 0 aliphatic heterocycles. The molecule has 1 heteroatoms. The van der Waals surface area contributed by atoms with Crippen molar-refractivity contribution in [2.45, 2.75) is 72.3 Å². The Kier molecular flexibility index (Phi) is 3.36. The Morgan fingerprint density at radius 3 is 2.35 bits per heavy atom. The topological polar surface area (TPSA) is 20.2 Å². The van der Waals surface area contributed by atoms with Gasteiger partial charge < -0.3 is 5.11 Å². The fourth-order valence-corrected chi connectivity index (χ4v) is 4.32. The summed E-state index contributed by atoms with van der Waals surface area (Å²) < 4.78 is 0. The molecule has 0 amide bonds. The molecule has 2 saturated carbocycles. The zero-order valence-corrected chi connectivity index (χ0v) is 12.3. The number of fused-ring (bicyclic) bond motifs is 1. The third-order valence-corrected chi connectivity index (χ3v) is 5.76. The third-order valence-electron chi connectivity index (χ3n) is 5.76. The lowest BCUT2D eigenvalue weighted by Crippen LogP contribution is -2.36. The van der Waals surface area contributed by atoms with Gasteiger partial charge in [-0.1, -0.05) is 34.1 Å². The Bertz CT molecular complexity index is 274. The first kappa shape index (κ1) is 13.4. The molecule has 0 heterocycles. The maximum Gasteiger partial charge on any atom is 0.0650 e. The normalized spacial score (nSPS) is 47.6. The molecule has 0 radical (unpaired) electrons. The molecule has 0 spiro atoms. The molecule has 0 aromatic heterocycles. The molecular weight excluding hydrogens is 208 g/mol. The highest BCUT2D eigenvalue weighted by Crippen LogP contribution is 2.52. The van der Waals surface area contributed by atoms with Gasteiger partial charge in [0.05, 0.1) is 5.60 Å². The lowest BCUT2D eigenvalue weighted by Gasteiger charge is -2.34. The average Bonchev–Trinajstić information content (AvgIpc) is 2.46. The van der Waals surface area contributed by atoms with Gasteiger partial charge >= 0.3 is 0 Å². The van der Waals surface area contributed by atoms with Gasteiger partial charge in [0.25, 0.3) is 0 Å². The highest BCUT2D eigenvalue weighted by molar-refractivity contribution is 4.98. The van der Waals surface area contributed by atoms with Gasteiger partial charge in [0, 0.05) is 0 Å². The summed E-state index contributed by atoms with van der Waals surface area (Å²) in [6, 6.07) is 0. The molecule has 100 valence electrons. The van der Waals surface area contributed by atoms with E-state index in [9.17, 15) is 5.11 Å². The van der Waals surface area contributed by atoms with Crippen molar-refractivity contribution in [3.63, 3.8) is 0 Å². The minimum Gasteiger partial charge on any atom is -0.390 e. The third kappa shape index (κ3) is 2.54. The highest BCUT2D eigenvalue weighted by atomic mass is 16.3. The molecule has 2 aliphatic carbocycles. The molecule has 0 saturated heterocycles. The number of rotatable bonds is 0. The van der Waals surface area contributed by atoms with Crippen LogP contribution in [0.1, 0.15) is 66.7 Å². The van der Waals surface area contributed by atoms with Crippen LogP contribution in [-0.4, -0.2) is 10.7 Å². The molecule has 17 heavy (non-hydrogen) atoms. The molecule has 5 atom stereocenters. The first-order valence-electron chi connectivity index (χ1n) is 7.44. The maximum absolute atomic E-state index is 10.7. The minimum absolute atomic E-state index is 0.396. The van der Waals surface area contributed by atoms with Gasteiger partial charge in [-0.25, -0.2) is 0 Å². The summed E-state index contributed by atoms with van der Waals surface area (Å²) in [5.41, 5.74) is -0.0112. The van der Waals surface area contributed by atoms with Crippen LogP contribution in [0.5, 0.6) is 0 Å². The van der Waals surface area contributed by atoms with Gasteiger partial charge in [-0.2, -0.15) is 0 Å². The standard InChI is InChI=1S/C16H30O/c1-11-6-7-14-13(11)10-12(15(2,3)4)8-9-16(14,5)17/h11-14,17H,6-10H2,1-5H3/t11-,12-,13-,14+,16-/m1/s1. The smallest absolute Gasteiger partial charge is 0.0650 e. The van der Waals surface area contributed by atoms with E-state index in [-0.39, 0.29) is 0 Å². The maximum atomic E-state index is 10.7. The molecule has 0 aromatic rings.